The Bertz CT molecular complexity index is 1110. The zero-order valence-corrected chi connectivity index (χ0v) is 16.4. The monoisotopic (exact) mass is 363 g/mol. The van der Waals surface area contributed by atoms with Crippen molar-refractivity contribution < 1.29 is 9.76 Å². The molecule has 132 valence electrons. The van der Waals surface area contributed by atoms with Crippen LogP contribution in [0.5, 0.6) is 0 Å². The first-order valence-corrected chi connectivity index (χ1v) is 9.63. The number of nitrogens with zero attached hydrogens (tertiary/aromatic N) is 1. The lowest BCUT2D eigenvalue weighted by Crippen LogP contribution is -2.49. The van der Waals surface area contributed by atoms with Gasteiger partial charge in [-0.15, -0.1) is 11.3 Å². The van der Waals surface area contributed by atoms with E-state index < -0.39 is 11.2 Å². The Morgan fingerprint density at radius 1 is 0.962 bits per heavy atom. The SMILES string of the molecule is CC(C)(O)C(C)(C)OBc1cccc2c1ccc1c3cnccc3sc21. The molecule has 0 spiro atoms. The summed E-state index contributed by atoms with van der Waals surface area (Å²) in [6.07, 6.45) is 3.79. The van der Waals surface area contributed by atoms with Crippen LogP contribution >= 0.6 is 11.3 Å². The van der Waals surface area contributed by atoms with Crippen LogP contribution in [0.3, 0.4) is 0 Å². The van der Waals surface area contributed by atoms with Crippen molar-refractivity contribution in [1.29, 1.82) is 0 Å². The van der Waals surface area contributed by atoms with Crippen molar-refractivity contribution >= 4 is 55.2 Å². The Hall–Kier alpha value is -1.95. The van der Waals surface area contributed by atoms with E-state index in [4.69, 9.17) is 4.65 Å². The van der Waals surface area contributed by atoms with Crippen molar-refractivity contribution in [2.24, 2.45) is 0 Å². The summed E-state index contributed by atoms with van der Waals surface area (Å²) in [4.78, 5) is 4.28. The van der Waals surface area contributed by atoms with Crippen molar-refractivity contribution in [3.05, 3.63) is 48.8 Å². The van der Waals surface area contributed by atoms with Gasteiger partial charge in [0.2, 0.25) is 0 Å². The summed E-state index contributed by atoms with van der Waals surface area (Å²) in [5.41, 5.74) is -0.413. The minimum absolute atomic E-state index is 0.465. The van der Waals surface area contributed by atoms with Gasteiger partial charge in [-0.05, 0) is 50.0 Å². The van der Waals surface area contributed by atoms with Crippen LogP contribution in [0.15, 0.2) is 48.8 Å². The molecule has 0 aliphatic carbocycles. The van der Waals surface area contributed by atoms with Crippen LogP contribution in [0.1, 0.15) is 27.7 Å². The van der Waals surface area contributed by atoms with Gasteiger partial charge in [-0.3, -0.25) is 4.98 Å². The number of hydrogen-bond donors (Lipinski definition) is 1. The Morgan fingerprint density at radius 3 is 2.46 bits per heavy atom. The largest absolute Gasteiger partial charge is 0.427 e. The number of pyridine rings is 1. The summed E-state index contributed by atoms with van der Waals surface area (Å²) in [5.74, 6) is 0. The summed E-state index contributed by atoms with van der Waals surface area (Å²) < 4.78 is 8.65. The van der Waals surface area contributed by atoms with Crippen LogP contribution in [0.2, 0.25) is 0 Å². The molecule has 1 N–H and O–H groups in total. The Labute approximate surface area is 157 Å². The molecule has 0 amide bonds. The van der Waals surface area contributed by atoms with Crippen LogP contribution in [0.4, 0.5) is 0 Å². The first-order valence-electron chi connectivity index (χ1n) is 8.81. The maximum Gasteiger partial charge on any atom is 0.310 e. The quantitative estimate of drug-likeness (QED) is 0.554. The molecule has 2 heterocycles. The Balaban J connectivity index is 1.81. The van der Waals surface area contributed by atoms with E-state index in [1.54, 1.807) is 25.2 Å². The second-order valence-electron chi connectivity index (χ2n) is 7.79. The van der Waals surface area contributed by atoms with Gasteiger partial charge in [0.15, 0.2) is 0 Å². The number of aliphatic hydroxyl groups is 1. The van der Waals surface area contributed by atoms with E-state index in [1.165, 1.54) is 30.9 Å². The first-order chi connectivity index (χ1) is 12.3. The van der Waals surface area contributed by atoms with E-state index >= 15 is 0 Å². The van der Waals surface area contributed by atoms with E-state index in [2.05, 4.69) is 41.4 Å². The van der Waals surface area contributed by atoms with Gasteiger partial charge in [0, 0.05) is 32.6 Å². The highest BCUT2D eigenvalue weighted by Crippen LogP contribution is 2.37. The topological polar surface area (TPSA) is 42.4 Å². The van der Waals surface area contributed by atoms with Crippen molar-refractivity contribution in [3.63, 3.8) is 0 Å². The second kappa shape index (κ2) is 6.05. The molecule has 3 nitrogen and oxygen atoms in total. The number of thiophene rings is 1. The minimum atomic E-state index is -0.913. The average molecular weight is 363 g/mol. The standard InChI is InChI=1S/C21H22BNO2S/c1-20(2,24)21(3,4)25-22-17-7-5-6-14-13(17)8-9-15-16-12-23-11-10-18(16)26-19(14)15/h5-12,22,24H,1-4H3. The molecule has 0 bridgehead atoms. The maximum atomic E-state index is 10.3. The molecular weight excluding hydrogens is 341 g/mol. The molecule has 26 heavy (non-hydrogen) atoms. The van der Waals surface area contributed by atoms with E-state index in [-0.39, 0.29) is 0 Å². The fourth-order valence-corrected chi connectivity index (χ4v) is 4.26. The van der Waals surface area contributed by atoms with Gasteiger partial charge in [0.25, 0.3) is 0 Å². The lowest BCUT2D eigenvalue weighted by atomic mass is 9.80. The summed E-state index contributed by atoms with van der Waals surface area (Å²) in [7, 11) is 0.465. The van der Waals surface area contributed by atoms with Gasteiger partial charge in [-0.2, -0.15) is 0 Å². The Kier molecular flexibility index (Phi) is 4.06. The number of fused-ring (bicyclic) bond motifs is 5. The van der Waals surface area contributed by atoms with Gasteiger partial charge in [-0.25, -0.2) is 0 Å². The molecule has 4 aromatic rings. The summed E-state index contributed by atoms with van der Waals surface area (Å²) >= 11 is 1.81. The molecule has 0 aliphatic rings. The van der Waals surface area contributed by atoms with Crippen molar-refractivity contribution in [3.8, 4) is 0 Å². The number of benzene rings is 2. The smallest absolute Gasteiger partial charge is 0.310 e. The molecular formula is C21H22BNO2S. The third kappa shape index (κ3) is 2.80. The third-order valence-electron chi connectivity index (χ3n) is 5.45. The average Bonchev–Trinajstić information content (AvgIpc) is 2.98. The summed E-state index contributed by atoms with van der Waals surface area (Å²) in [5, 5.41) is 15.2. The molecule has 0 unspecified atom stereocenters. The third-order valence-corrected chi connectivity index (χ3v) is 6.67. The molecule has 2 aromatic heterocycles. The van der Waals surface area contributed by atoms with Gasteiger partial charge in [0.05, 0.1) is 11.2 Å². The molecule has 0 aliphatic heterocycles. The molecule has 0 fully saturated rings. The molecule has 0 radical (unpaired) electrons. The lowest BCUT2D eigenvalue weighted by Gasteiger charge is -2.37. The van der Waals surface area contributed by atoms with Crippen LogP contribution in [-0.2, 0) is 4.65 Å². The molecule has 0 saturated carbocycles. The summed E-state index contributed by atoms with van der Waals surface area (Å²) in [6, 6.07) is 12.8. The fraction of sp³-hybridized carbons (Fsp3) is 0.286. The predicted octanol–water partition coefficient (Wildman–Crippen LogP) is 4.15. The van der Waals surface area contributed by atoms with Gasteiger partial charge < -0.3 is 9.76 Å². The molecule has 4 rings (SSSR count). The number of aromatic nitrogens is 1. The van der Waals surface area contributed by atoms with Crippen LogP contribution in [0, 0.1) is 0 Å². The number of hydrogen-bond acceptors (Lipinski definition) is 4. The zero-order valence-electron chi connectivity index (χ0n) is 15.5. The van der Waals surface area contributed by atoms with Crippen LogP contribution < -0.4 is 5.46 Å². The highest BCUT2D eigenvalue weighted by molar-refractivity contribution is 7.26. The lowest BCUT2D eigenvalue weighted by molar-refractivity contribution is -0.0893. The van der Waals surface area contributed by atoms with E-state index in [0.29, 0.717) is 7.48 Å². The van der Waals surface area contributed by atoms with Crippen LogP contribution in [0.25, 0.3) is 30.9 Å². The zero-order chi connectivity index (χ0) is 18.5. The second-order valence-corrected chi connectivity index (χ2v) is 8.84. The van der Waals surface area contributed by atoms with Crippen molar-refractivity contribution in [1.82, 2.24) is 4.98 Å². The highest BCUT2D eigenvalue weighted by Gasteiger charge is 2.35. The van der Waals surface area contributed by atoms with Gasteiger partial charge in [0.1, 0.15) is 0 Å². The normalized spacial score (nSPS) is 13.0. The molecule has 5 heteroatoms. The van der Waals surface area contributed by atoms with Gasteiger partial charge >= 0.3 is 7.48 Å². The maximum absolute atomic E-state index is 10.3. The van der Waals surface area contributed by atoms with E-state index in [1.807, 2.05) is 26.2 Å². The summed E-state index contributed by atoms with van der Waals surface area (Å²) in [6.45, 7) is 7.42. The molecule has 0 saturated heterocycles. The van der Waals surface area contributed by atoms with Gasteiger partial charge in [-0.1, -0.05) is 30.3 Å². The fourth-order valence-electron chi connectivity index (χ4n) is 3.06. The number of rotatable bonds is 4. The van der Waals surface area contributed by atoms with Crippen LogP contribution in [-0.4, -0.2) is 28.8 Å². The van der Waals surface area contributed by atoms with Crippen molar-refractivity contribution in [2.45, 2.75) is 38.9 Å². The first kappa shape index (κ1) is 17.5. The molecule has 2 aromatic carbocycles. The van der Waals surface area contributed by atoms with Crippen molar-refractivity contribution in [2.75, 3.05) is 0 Å². The molecule has 0 atom stereocenters. The highest BCUT2D eigenvalue weighted by atomic mass is 32.1. The Morgan fingerprint density at radius 2 is 1.69 bits per heavy atom. The minimum Gasteiger partial charge on any atom is -0.427 e. The van der Waals surface area contributed by atoms with E-state index in [0.717, 1.165) is 5.46 Å². The predicted molar refractivity (Wildman–Crippen MR) is 113 cm³/mol. The van der Waals surface area contributed by atoms with E-state index in [9.17, 15) is 5.11 Å².